The fraction of sp³-hybridized carbons (Fsp3) is 0.286. The van der Waals surface area contributed by atoms with Gasteiger partial charge in [0.1, 0.15) is 0 Å². The van der Waals surface area contributed by atoms with Gasteiger partial charge in [0, 0.05) is 18.0 Å². The maximum atomic E-state index is 10.1. The molecule has 0 bridgehead atoms. The highest BCUT2D eigenvalue weighted by Gasteiger charge is 2.10. The molecule has 1 atom stereocenters. The molecule has 0 saturated heterocycles. The smallest absolute Gasteiger partial charge is 0.0916 e. The van der Waals surface area contributed by atoms with Crippen LogP contribution in [0.4, 0.5) is 0 Å². The molecule has 2 aromatic rings. The molecule has 2 rings (SSSR count). The first-order valence-electron chi connectivity index (χ1n) is 5.69. The molecule has 0 aliphatic rings. The summed E-state index contributed by atoms with van der Waals surface area (Å²) in [6, 6.07) is 14.0. The monoisotopic (exact) mass is 247 g/mol. The number of hydrogen-bond acceptors (Lipinski definition) is 3. The Balaban J connectivity index is 1.88. The van der Waals surface area contributed by atoms with Crippen LogP contribution >= 0.6 is 11.3 Å². The predicted octanol–water partition coefficient (Wildman–Crippen LogP) is 2.91. The van der Waals surface area contributed by atoms with Gasteiger partial charge in [-0.25, -0.2) is 0 Å². The molecule has 2 nitrogen and oxygen atoms in total. The average Bonchev–Trinajstić information content (AvgIpc) is 2.82. The lowest BCUT2D eigenvalue weighted by atomic mass is 10.1. The van der Waals surface area contributed by atoms with E-state index >= 15 is 0 Å². The van der Waals surface area contributed by atoms with E-state index in [-0.39, 0.29) is 0 Å². The van der Waals surface area contributed by atoms with E-state index < -0.39 is 6.10 Å². The van der Waals surface area contributed by atoms with Crippen molar-refractivity contribution >= 4 is 11.3 Å². The molecule has 17 heavy (non-hydrogen) atoms. The van der Waals surface area contributed by atoms with Gasteiger partial charge < -0.3 is 5.11 Å². The van der Waals surface area contributed by atoms with Crippen LogP contribution in [0.15, 0.2) is 47.8 Å². The Kier molecular flexibility index (Phi) is 4.31. The molecule has 1 N–H and O–H groups in total. The van der Waals surface area contributed by atoms with E-state index in [4.69, 9.17) is 0 Å². The molecule has 0 aliphatic carbocycles. The van der Waals surface area contributed by atoms with E-state index in [0.717, 1.165) is 12.1 Å². The van der Waals surface area contributed by atoms with E-state index in [0.29, 0.717) is 6.54 Å². The summed E-state index contributed by atoms with van der Waals surface area (Å²) >= 11 is 1.75. The number of benzene rings is 1. The first kappa shape index (κ1) is 12.3. The summed E-state index contributed by atoms with van der Waals surface area (Å²) < 4.78 is 0. The number of nitrogens with zero attached hydrogens (tertiary/aromatic N) is 1. The predicted molar refractivity (Wildman–Crippen MR) is 72.1 cm³/mol. The lowest BCUT2D eigenvalue weighted by Crippen LogP contribution is -2.23. The third kappa shape index (κ3) is 3.66. The van der Waals surface area contributed by atoms with Gasteiger partial charge >= 0.3 is 0 Å². The zero-order valence-electron chi connectivity index (χ0n) is 9.91. The number of thiophene rings is 1. The summed E-state index contributed by atoms with van der Waals surface area (Å²) in [7, 11) is 2.03. The number of aliphatic hydroxyl groups is 1. The van der Waals surface area contributed by atoms with Crippen LogP contribution in [-0.2, 0) is 6.54 Å². The van der Waals surface area contributed by atoms with Crippen LogP contribution < -0.4 is 0 Å². The Morgan fingerprint density at radius 3 is 2.59 bits per heavy atom. The Morgan fingerprint density at radius 2 is 1.94 bits per heavy atom. The summed E-state index contributed by atoms with van der Waals surface area (Å²) in [4.78, 5) is 3.47. The van der Waals surface area contributed by atoms with Gasteiger partial charge in [-0.1, -0.05) is 36.4 Å². The van der Waals surface area contributed by atoms with Gasteiger partial charge in [-0.3, -0.25) is 4.90 Å². The Morgan fingerprint density at radius 1 is 1.18 bits per heavy atom. The van der Waals surface area contributed by atoms with Crippen molar-refractivity contribution < 1.29 is 5.11 Å². The molecule has 1 aromatic heterocycles. The number of likely N-dealkylation sites (N-methyl/N-ethyl adjacent to an activating group) is 1. The summed E-state index contributed by atoms with van der Waals surface area (Å²) in [6.45, 7) is 1.55. The molecule has 1 unspecified atom stereocenters. The second-order valence-corrected chi connectivity index (χ2v) is 5.23. The van der Waals surface area contributed by atoms with E-state index in [2.05, 4.69) is 22.4 Å². The fourth-order valence-electron chi connectivity index (χ4n) is 1.81. The van der Waals surface area contributed by atoms with Crippen LogP contribution in [0.25, 0.3) is 0 Å². The Labute approximate surface area is 106 Å². The van der Waals surface area contributed by atoms with Crippen molar-refractivity contribution in [3.8, 4) is 0 Å². The van der Waals surface area contributed by atoms with Gasteiger partial charge in [0.05, 0.1) is 6.10 Å². The van der Waals surface area contributed by atoms with Crippen LogP contribution in [0.5, 0.6) is 0 Å². The SMILES string of the molecule is CN(Cc1cccs1)CC(O)c1ccccc1. The maximum absolute atomic E-state index is 10.1. The third-order valence-electron chi connectivity index (χ3n) is 2.67. The molecule has 0 fully saturated rings. The van der Waals surface area contributed by atoms with Crippen LogP contribution in [0.1, 0.15) is 16.5 Å². The van der Waals surface area contributed by atoms with Crippen molar-refractivity contribution in [3.63, 3.8) is 0 Å². The van der Waals surface area contributed by atoms with Crippen molar-refractivity contribution in [1.82, 2.24) is 4.90 Å². The number of aliphatic hydroxyl groups excluding tert-OH is 1. The minimum absolute atomic E-state index is 0.416. The number of rotatable bonds is 5. The topological polar surface area (TPSA) is 23.5 Å². The highest BCUT2D eigenvalue weighted by Crippen LogP contribution is 2.16. The quantitative estimate of drug-likeness (QED) is 0.878. The highest BCUT2D eigenvalue weighted by molar-refractivity contribution is 7.09. The molecule has 0 aliphatic heterocycles. The maximum Gasteiger partial charge on any atom is 0.0916 e. The second-order valence-electron chi connectivity index (χ2n) is 4.20. The highest BCUT2D eigenvalue weighted by atomic mass is 32.1. The molecule has 0 spiro atoms. The normalized spacial score (nSPS) is 12.9. The minimum Gasteiger partial charge on any atom is -0.387 e. The lowest BCUT2D eigenvalue weighted by molar-refractivity contribution is 0.124. The molecule has 1 aromatic carbocycles. The van der Waals surface area contributed by atoms with Gasteiger partial charge in [-0.15, -0.1) is 11.3 Å². The second kappa shape index (κ2) is 5.96. The minimum atomic E-state index is -0.416. The summed E-state index contributed by atoms with van der Waals surface area (Å²) in [6.07, 6.45) is -0.416. The van der Waals surface area contributed by atoms with Gasteiger partial charge in [-0.05, 0) is 24.1 Å². The van der Waals surface area contributed by atoms with Crippen molar-refractivity contribution in [2.24, 2.45) is 0 Å². The van der Waals surface area contributed by atoms with Gasteiger partial charge in [0.2, 0.25) is 0 Å². The Hall–Kier alpha value is -1.16. The Bertz CT molecular complexity index is 427. The molecule has 0 amide bonds. The molecule has 90 valence electrons. The van der Waals surface area contributed by atoms with Gasteiger partial charge in [0.15, 0.2) is 0 Å². The van der Waals surface area contributed by atoms with E-state index in [1.807, 2.05) is 37.4 Å². The van der Waals surface area contributed by atoms with Crippen molar-refractivity contribution in [2.75, 3.05) is 13.6 Å². The largest absolute Gasteiger partial charge is 0.387 e. The van der Waals surface area contributed by atoms with E-state index in [1.54, 1.807) is 11.3 Å². The average molecular weight is 247 g/mol. The van der Waals surface area contributed by atoms with E-state index in [9.17, 15) is 5.11 Å². The summed E-state index contributed by atoms with van der Waals surface area (Å²) in [5.41, 5.74) is 0.977. The lowest BCUT2D eigenvalue weighted by Gasteiger charge is -2.20. The molecular formula is C14H17NOS. The van der Waals surface area contributed by atoms with Crippen molar-refractivity contribution in [1.29, 1.82) is 0 Å². The summed E-state index contributed by atoms with van der Waals surface area (Å²) in [5, 5.41) is 12.2. The van der Waals surface area contributed by atoms with Crippen LogP contribution in [0, 0.1) is 0 Å². The van der Waals surface area contributed by atoms with Crippen molar-refractivity contribution in [3.05, 3.63) is 58.3 Å². The molecule has 0 saturated carbocycles. The first-order valence-corrected chi connectivity index (χ1v) is 6.57. The number of hydrogen-bond donors (Lipinski definition) is 1. The molecular weight excluding hydrogens is 230 g/mol. The molecule has 3 heteroatoms. The molecule has 1 heterocycles. The molecule has 0 radical (unpaired) electrons. The van der Waals surface area contributed by atoms with Crippen LogP contribution in [0.3, 0.4) is 0 Å². The first-order chi connectivity index (χ1) is 8.25. The summed E-state index contributed by atoms with van der Waals surface area (Å²) in [5.74, 6) is 0. The van der Waals surface area contributed by atoms with Gasteiger partial charge in [-0.2, -0.15) is 0 Å². The van der Waals surface area contributed by atoms with Crippen LogP contribution in [-0.4, -0.2) is 23.6 Å². The third-order valence-corrected chi connectivity index (χ3v) is 3.54. The van der Waals surface area contributed by atoms with Gasteiger partial charge in [0.25, 0.3) is 0 Å². The van der Waals surface area contributed by atoms with E-state index in [1.165, 1.54) is 4.88 Å². The van der Waals surface area contributed by atoms with Crippen molar-refractivity contribution in [2.45, 2.75) is 12.6 Å². The zero-order chi connectivity index (χ0) is 12.1. The standard InChI is InChI=1S/C14H17NOS/c1-15(10-13-8-5-9-17-13)11-14(16)12-6-3-2-4-7-12/h2-9,14,16H,10-11H2,1H3. The zero-order valence-corrected chi connectivity index (χ0v) is 10.7. The van der Waals surface area contributed by atoms with Crippen LogP contribution in [0.2, 0.25) is 0 Å². The fourth-order valence-corrected chi connectivity index (χ4v) is 2.59.